The Kier molecular flexibility index (Phi) is 3.24. The summed E-state index contributed by atoms with van der Waals surface area (Å²) < 4.78 is 0. The molecule has 47 valence electrons. The Hall–Kier alpha value is -0.530. The molecule has 0 bridgehead atoms. The molecular weight excluding hydrogens is 102 g/mol. The molecule has 0 spiro atoms. The summed E-state index contributed by atoms with van der Waals surface area (Å²) in [5.74, 6) is 0.106. The first-order chi connectivity index (χ1) is 3.72. The zero-order valence-electron chi connectivity index (χ0n) is 5.64. The molecule has 0 aliphatic rings. The third-order valence-corrected chi connectivity index (χ3v) is 1.06. The third-order valence-electron chi connectivity index (χ3n) is 1.06. The van der Waals surface area contributed by atoms with Crippen LogP contribution in [-0.2, 0) is 4.79 Å². The lowest BCUT2D eigenvalue weighted by Crippen LogP contribution is -2.24. The number of hydrogen-bond acceptors (Lipinski definition) is 1. The molecule has 8 heavy (non-hydrogen) atoms. The minimum Gasteiger partial charge on any atom is -0.338 e. The van der Waals surface area contributed by atoms with Gasteiger partial charge >= 0.3 is 0 Å². The van der Waals surface area contributed by atoms with E-state index in [9.17, 15) is 4.79 Å². The van der Waals surface area contributed by atoms with Gasteiger partial charge in [-0.2, -0.15) is 0 Å². The van der Waals surface area contributed by atoms with Crippen molar-refractivity contribution in [3.8, 4) is 0 Å². The largest absolute Gasteiger partial charge is 0.338 e. The normalized spacial score (nSPS) is 8.88. The Morgan fingerprint density at radius 1 is 1.75 bits per heavy atom. The monoisotopic (exact) mass is 114 g/mol. The van der Waals surface area contributed by atoms with E-state index in [0.717, 1.165) is 6.54 Å². The molecule has 0 unspecified atom stereocenters. The van der Waals surface area contributed by atoms with Crippen LogP contribution in [0.2, 0.25) is 0 Å². The lowest BCUT2D eigenvalue weighted by molar-refractivity contribution is -0.127. The Bertz CT molecular complexity index is 76.6. The van der Waals surface area contributed by atoms with Crippen LogP contribution >= 0.6 is 0 Å². The number of hydrogen-bond donors (Lipinski definition) is 0. The van der Waals surface area contributed by atoms with Crippen molar-refractivity contribution in [2.24, 2.45) is 0 Å². The molecule has 0 saturated carbocycles. The Labute approximate surface area is 50.5 Å². The second-order valence-electron chi connectivity index (χ2n) is 1.56. The molecule has 1 radical (unpaired) electrons. The maximum atomic E-state index is 10.5. The molecule has 0 aromatic heterocycles. The van der Waals surface area contributed by atoms with E-state index in [1.165, 1.54) is 0 Å². The number of nitrogens with zero attached hydrogens (tertiary/aromatic N) is 1. The van der Waals surface area contributed by atoms with Gasteiger partial charge in [-0.25, -0.2) is 0 Å². The molecule has 0 saturated heterocycles. The standard InChI is InChI=1S/C6H12NO/c1-4-7(5-2)6(3)8/h4H,5H2,1-3H3. The molecular formula is C6H12NO. The van der Waals surface area contributed by atoms with E-state index >= 15 is 0 Å². The van der Waals surface area contributed by atoms with Crippen LogP contribution in [0.15, 0.2) is 0 Å². The topological polar surface area (TPSA) is 20.3 Å². The van der Waals surface area contributed by atoms with Crippen molar-refractivity contribution in [3.05, 3.63) is 6.54 Å². The third kappa shape index (κ3) is 1.96. The molecule has 0 N–H and O–H groups in total. The predicted molar refractivity (Wildman–Crippen MR) is 33.0 cm³/mol. The second-order valence-corrected chi connectivity index (χ2v) is 1.56. The molecule has 0 aromatic rings. The molecule has 2 nitrogen and oxygen atoms in total. The Balaban J connectivity index is 3.52. The van der Waals surface area contributed by atoms with E-state index in [1.54, 1.807) is 18.4 Å². The quantitative estimate of drug-likeness (QED) is 0.525. The van der Waals surface area contributed by atoms with Crippen molar-refractivity contribution in [2.45, 2.75) is 20.8 Å². The minimum absolute atomic E-state index is 0.106. The molecule has 0 rings (SSSR count). The van der Waals surface area contributed by atoms with Crippen LogP contribution in [-0.4, -0.2) is 17.4 Å². The summed E-state index contributed by atoms with van der Waals surface area (Å²) >= 11 is 0. The van der Waals surface area contributed by atoms with Crippen LogP contribution in [0, 0.1) is 6.54 Å². The predicted octanol–water partition coefficient (Wildman–Crippen LogP) is 1.04. The lowest BCUT2D eigenvalue weighted by Gasteiger charge is -2.14. The SMILES string of the molecule is C[CH]N(CC)C(C)=O. The maximum Gasteiger partial charge on any atom is 0.219 e. The number of carbonyl (C=O) groups excluding carboxylic acids is 1. The van der Waals surface area contributed by atoms with E-state index < -0.39 is 0 Å². The number of carbonyl (C=O) groups is 1. The van der Waals surface area contributed by atoms with E-state index in [0.29, 0.717) is 0 Å². The van der Waals surface area contributed by atoms with Crippen molar-refractivity contribution < 1.29 is 4.79 Å². The maximum absolute atomic E-state index is 10.5. The fourth-order valence-electron chi connectivity index (χ4n) is 0.587. The molecule has 0 fully saturated rings. The Morgan fingerprint density at radius 2 is 2.25 bits per heavy atom. The van der Waals surface area contributed by atoms with Crippen LogP contribution in [0.4, 0.5) is 0 Å². The van der Waals surface area contributed by atoms with Gasteiger partial charge in [-0.3, -0.25) is 4.79 Å². The van der Waals surface area contributed by atoms with Crippen molar-refractivity contribution >= 4 is 5.91 Å². The van der Waals surface area contributed by atoms with Gasteiger partial charge in [-0.05, 0) is 13.8 Å². The summed E-state index contributed by atoms with van der Waals surface area (Å²) in [6.45, 7) is 7.91. The van der Waals surface area contributed by atoms with Crippen molar-refractivity contribution in [1.29, 1.82) is 0 Å². The zero-order chi connectivity index (χ0) is 6.57. The summed E-state index contributed by atoms with van der Waals surface area (Å²) in [6, 6.07) is 0. The van der Waals surface area contributed by atoms with Crippen LogP contribution in [0.5, 0.6) is 0 Å². The van der Waals surface area contributed by atoms with Gasteiger partial charge in [0.2, 0.25) is 5.91 Å². The van der Waals surface area contributed by atoms with Crippen molar-refractivity contribution in [2.75, 3.05) is 6.54 Å². The van der Waals surface area contributed by atoms with E-state index in [4.69, 9.17) is 0 Å². The molecule has 0 aromatic carbocycles. The second kappa shape index (κ2) is 3.47. The van der Waals surface area contributed by atoms with E-state index in [1.807, 2.05) is 13.8 Å². The average Bonchev–Trinajstić information content (AvgIpc) is 1.69. The minimum atomic E-state index is 0.106. The van der Waals surface area contributed by atoms with Crippen LogP contribution in [0.1, 0.15) is 20.8 Å². The van der Waals surface area contributed by atoms with Crippen LogP contribution in [0.3, 0.4) is 0 Å². The van der Waals surface area contributed by atoms with Gasteiger partial charge in [0, 0.05) is 20.0 Å². The summed E-state index contributed by atoms with van der Waals surface area (Å²) in [5.41, 5.74) is 0. The molecule has 0 atom stereocenters. The molecule has 0 heterocycles. The van der Waals surface area contributed by atoms with Gasteiger partial charge in [-0.1, -0.05) is 0 Å². The van der Waals surface area contributed by atoms with Gasteiger partial charge < -0.3 is 4.90 Å². The number of amides is 1. The summed E-state index contributed by atoms with van der Waals surface area (Å²) in [6.07, 6.45) is 0. The summed E-state index contributed by atoms with van der Waals surface area (Å²) in [5, 5.41) is 0. The van der Waals surface area contributed by atoms with Gasteiger partial charge in [-0.15, -0.1) is 0 Å². The molecule has 0 aliphatic carbocycles. The first-order valence-electron chi connectivity index (χ1n) is 2.79. The van der Waals surface area contributed by atoms with Gasteiger partial charge in [0.15, 0.2) is 0 Å². The highest BCUT2D eigenvalue weighted by molar-refractivity contribution is 5.73. The summed E-state index contributed by atoms with van der Waals surface area (Å²) in [4.78, 5) is 12.2. The average molecular weight is 114 g/mol. The molecule has 1 amide bonds. The molecule has 0 aliphatic heterocycles. The van der Waals surface area contributed by atoms with E-state index in [-0.39, 0.29) is 5.91 Å². The van der Waals surface area contributed by atoms with Crippen LogP contribution in [0.25, 0.3) is 0 Å². The highest BCUT2D eigenvalue weighted by atomic mass is 16.2. The zero-order valence-corrected chi connectivity index (χ0v) is 5.64. The van der Waals surface area contributed by atoms with E-state index in [2.05, 4.69) is 0 Å². The smallest absolute Gasteiger partial charge is 0.219 e. The first-order valence-corrected chi connectivity index (χ1v) is 2.79. The van der Waals surface area contributed by atoms with Gasteiger partial charge in [0.25, 0.3) is 0 Å². The number of rotatable bonds is 2. The summed E-state index contributed by atoms with van der Waals surface area (Å²) in [7, 11) is 0. The van der Waals surface area contributed by atoms with Crippen LogP contribution < -0.4 is 0 Å². The first kappa shape index (κ1) is 7.47. The van der Waals surface area contributed by atoms with Crippen molar-refractivity contribution in [1.82, 2.24) is 4.90 Å². The lowest BCUT2D eigenvalue weighted by atomic mass is 10.5. The highest BCUT2D eigenvalue weighted by Crippen LogP contribution is 1.89. The van der Waals surface area contributed by atoms with Crippen molar-refractivity contribution in [3.63, 3.8) is 0 Å². The van der Waals surface area contributed by atoms with Gasteiger partial charge in [0.05, 0.1) is 0 Å². The Morgan fingerprint density at radius 3 is 2.25 bits per heavy atom. The molecule has 2 heteroatoms. The van der Waals surface area contributed by atoms with Gasteiger partial charge in [0.1, 0.15) is 0 Å². The fraction of sp³-hybridized carbons (Fsp3) is 0.667. The highest BCUT2D eigenvalue weighted by Gasteiger charge is 1.99. The fourth-order valence-corrected chi connectivity index (χ4v) is 0.587.